The van der Waals surface area contributed by atoms with E-state index in [1.54, 1.807) is 0 Å². The van der Waals surface area contributed by atoms with Crippen LogP contribution in [0, 0.1) is 5.92 Å². The molecule has 0 aliphatic carbocycles. The molecular formula is C8H16OSi. The molecule has 0 saturated carbocycles. The van der Waals surface area contributed by atoms with Crippen molar-refractivity contribution in [3.63, 3.8) is 0 Å². The summed E-state index contributed by atoms with van der Waals surface area (Å²) in [5, 5.41) is 0. The van der Waals surface area contributed by atoms with Gasteiger partial charge >= 0.3 is 0 Å². The largest absolute Gasteiger partial charge is 0.417 e. The van der Waals surface area contributed by atoms with Gasteiger partial charge in [-0.25, -0.2) is 0 Å². The second-order valence-electron chi connectivity index (χ2n) is 2.85. The van der Waals surface area contributed by atoms with Gasteiger partial charge in [0.2, 0.25) is 9.76 Å². The quantitative estimate of drug-likeness (QED) is 0.438. The van der Waals surface area contributed by atoms with Crippen molar-refractivity contribution in [1.29, 1.82) is 0 Å². The summed E-state index contributed by atoms with van der Waals surface area (Å²) in [7, 11) is 0.581. The van der Waals surface area contributed by atoms with E-state index in [1.165, 1.54) is 0 Å². The number of hydrogen-bond acceptors (Lipinski definition) is 1. The molecule has 0 amide bonds. The van der Waals surface area contributed by atoms with Crippen molar-refractivity contribution < 1.29 is 4.43 Å². The predicted molar refractivity (Wildman–Crippen MR) is 46.2 cm³/mol. The fraction of sp³-hybridized carbons (Fsp3) is 0.750. The Labute approximate surface area is 66.4 Å². The summed E-state index contributed by atoms with van der Waals surface area (Å²) in [6, 6.07) is 0. The van der Waals surface area contributed by atoms with E-state index in [1.807, 2.05) is 6.08 Å². The van der Waals surface area contributed by atoms with E-state index in [0.29, 0.717) is 21.2 Å². The van der Waals surface area contributed by atoms with E-state index in [4.69, 9.17) is 4.43 Å². The molecule has 1 unspecified atom stereocenters. The third-order valence-electron chi connectivity index (χ3n) is 1.04. The molecule has 0 heterocycles. The van der Waals surface area contributed by atoms with Gasteiger partial charge in [0.15, 0.2) is 0 Å². The molecule has 0 aliphatic heterocycles. The van der Waals surface area contributed by atoms with Crippen LogP contribution >= 0.6 is 0 Å². The summed E-state index contributed by atoms with van der Waals surface area (Å²) >= 11 is 0. The summed E-state index contributed by atoms with van der Waals surface area (Å²) in [4.78, 5) is 0. The summed E-state index contributed by atoms with van der Waals surface area (Å²) < 4.78 is 5.40. The van der Waals surface area contributed by atoms with Gasteiger partial charge < -0.3 is 4.43 Å². The van der Waals surface area contributed by atoms with Crippen LogP contribution in [0.15, 0.2) is 12.7 Å². The lowest BCUT2D eigenvalue weighted by Gasteiger charge is -2.07. The first kappa shape index (κ1) is 9.92. The van der Waals surface area contributed by atoms with Gasteiger partial charge in [0.25, 0.3) is 0 Å². The molecule has 0 saturated heterocycles. The maximum Gasteiger partial charge on any atom is 0.236 e. The average molecular weight is 156 g/mol. The predicted octanol–water partition coefficient (Wildman–Crippen LogP) is 2.27. The SMILES string of the molecule is C=CC(C)[Si]OCC(C)C. The fourth-order valence-corrected chi connectivity index (χ4v) is 1.18. The maximum absolute atomic E-state index is 5.40. The number of allylic oxidation sites excluding steroid dienone is 1. The van der Waals surface area contributed by atoms with E-state index in [9.17, 15) is 0 Å². The standard InChI is InChI=1S/C8H16OSi/c1-5-8(4)10-9-6-7(2)3/h5,7-8H,1,6H2,2-4H3. The van der Waals surface area contributed by atoms with Crippen molar-refractivity contribution >= 4 is 9.76 Å². The van der Waals surface area contributed by atoms with Crippen molar-refractivity contribution in [2.75, 3.05) is 6.61 Å². The molecule has 0 aromatic rings. The van der Waals surface area contributed by atoms with Gasteiger partial charge in [0.05, 0.1) is 0 Å². The molecule has 2 heteroatoms. The molecule has 0 aromatic heterocycles. The van der Waals surface area contributed by atoms with Crippen molar-refractivity contribution in [1.82, 2.24) is 0 Å². The lowest BCUT2D eigenvalue weighted by Crippen LogP contribution is -2.08. The van der Waals surface area contributed by atoms with E-state index in [0.717, 1.165) is 6.61 Å². The molecular weight excluding hydrogens is 140 g/mol. The third-order valence-corrected chi connectivity index (χ3v) is 1.98. The Morgan fingerprint density at radius 1 is 1.50 bits per heavy atom. The van der Waals surface area contributed by atoms with Gasteiger partial charge in [-0.05, 0) is 11.5 Å². The zero-order chi connectivity index (χ0) is 7.98. The Kier molecular flexibility index (Phi) is 5.64. The highest BCUT2D eigenvalue weighted by molar-refractivity contribution is 6.30. The topological polar surface area (TPSA) is 9.23 Å². The fourth-order valence-electron chi connectivity index (χ4n) is 0.394. The summed E-state index contributed by atoms with van der Waals surface area (Å²) in [5.74, 6) is 0.643. The average Bonchev–Trinajstić information content (AvgIpc) is 1.87. The van der Waals surface area contributed by atoms with E-state index < -0.39 is 0 Å². The van der Waals surface area contributed by atoms with Crippen molar-refractivity contribution in [2.24, 2.45) is 5.92 Å². The number of rotatable bonds is 5. The molecule has 0 N–H and O–H groups in total. The molecule has 1 atom stereocenters. The van der Waals surface area contributed by atoms with E-state index in [2.05, 4.69) is 27.4 Å². The van der Waals surface area contributed by atoms with Crippen LogP contribution < -0.4 is 0 Å². The van der Waals surface area contributed by atoms with Crippen molar-refractivity contribution in [3.05, 3.63) is 12.7 Å². The van der Waals surface area contributed by atoms with Crippen LogP contribution in [0.2, 0.25) is 5.54 Å². The molecule has 10 heavy (non-hydrogen) atoms. The molecule has 0 aliphatic rings. The third kappa shape index (κ3) is 6.04. The molecule has 0 aromatic carbocycles. The highest BCUT2D eigenvalue weighted by atomic mass is 28.2. The normalized spacial score (nSPS) is 13.6. The Bertz CT molecular complexity index is 91.3. The second kappa shape index (κ2) is 5.68. The monoisotopic (exact) mass is 156 g/mol. The van der Waals surface area contributed by atoms with Gasteiger partial charge in [-0.2, -0.15) is 0 Å². The van der Waals surface area contributed by atoms with Gasteiger partial charge in [-0.1, -0.05) is 26.8 Å². The zero-order valence-electron chi connectivity index (χ0n) is 7.05. The minimum absolute atomic E-state index is 0.513. The lowest BCUT2D eigenvalue weighted by atomic mass is 10.2. The second-order valence-corrected chi connectivity index (χ2v) is 4.28. The Balaban J connectivity index is 3.11. The first-order valence-corrected chi connectivity index (χ1v) is 4.65. The first-order valence-electron chi connectivity index (χ1n) is 3.66. The minimum atomic E-state index is 0.513. The van der Waals surface area contributed by atoms with Crippen LogP contribution in [0.25, 0.3) is 0 Å². The van der Waals surface area contributed by atoms with Crippen LogP contribution in [-0.2, 0) is 4.43 Å². The molecule has 2 radical (unpaired) electrons. The Morgan fingerprint density at radius 3 is 2.50 bits per heavy atom. The lowest BCUT2D eigenvalue weighted by molar-refractivity contribution is 0.282. The van der Waals surface area contributed by atoms with Crippen LogP contribution in [0.3, 0.4) is 0 Å². The van der Waals surface area contributed by atoms with Gasteiger partial charge in [-0.15, -0.1) is 6.58 Å². The van der Waals surface area contributed by atoms with Crippen LogP contribution in [-0.4, -0.2) is 16.4 Å². The van der Waals surface area contributed by atoms with E-state index >= 15 is 0 Å². The maximum atomic E-state index is 5.40. The van der Waals surface area contributed by atoms with Crippen LogP contribution in [0.1, 0.15) is 20.8 Å². The molecule has 0 bridgehead atoms. The molecule has 0 rings (SSSR count). The van der Waals surface area contributed by atoms with Gasteiger partial charge in [-0.3, -0.25) is 0 Å². The Morgan fingerprint density at radius 2 is 2.10 bits per heavy atom. The summed E-state index contributed by atoms with van der Waals surface area (Å²) in [5.41, 5.74) is 0.513. The smallest absolute Gasteiger partial charge is 0.236 e. The molecule has 0 fully saturated rings. The van der Waals surface area contributed by atoms with Crippen molar-refractivity contribution in [3.8, 4) is 0 Å². The zero-order valence-corrected chi connectivity index (χ0v) is 8.05. The number of hydrogen-bond donors (Lipinski definition) is 0. The van der Waals surface area contributed by atoms with Crippen molar-refractivity contribution in [2.45, 2.75) is 26.3 Å². The van der Waals surface area contributed by atoms with E-state index in [-0.39, 0.29) is 0 Å². The first-order chi connectivity index (χ1) is 4.66. The molecule has 1 nitrogen and oxygen atoms in total. The Hall–Kier alpha value is -0.0831. The van der Waals surface area contributed by atoms with Gasteiger partial charge in [0, 0.05) is 6.61 Å². The van der Waals surface area contributed by atoms with Crippen LogP contribution in [0.4, 0.5) is 0 Å². The van der Waals surface area contributed by atoms with Gasteiger partial charge in [0.1, 0.15) is 0 Å². The summed E-state index contributed by atoms with van der Waals surface area (Å²) in [6.45, 7) is 11.0. The molecule has 0 spiro atoms. The molecule has 58 valence electrons. The highest BCUT2D eigenvalue weighted by Crippen LogP contribution is 2.02. The van der Waals surface area contributed by atoms with Crippen LogP contribution in [0.5, 0.6) is 0 Å². The minimum Gasteiger partial charge on any atom is -0.417 e. The highest BCUT2D eigenvalue weighted by Gasteiger charge is 1.99. The summed E-state index contributed by atoms with van der Waals surface area (Å²) in [6.07, 6.45) is 1.93.